The third-order valence-corrected chi connectivity index (χ3v) is 9.56. The monoisotopic (exact) mass is 298 g/mol. The molecular formula is C17H34O2Si. The van der Waals surface area contributed by atoms with E-state index in [-0.39, 0.29) is 5.97 Å². The number of carbonyl (C=O) groups is 1. The van der Waals surface area contributed by atoms with E-state index in [4.69, 9.17) is 4.74 Å². The molecular weight excluding hydrogens is 264 g/mol. The predicted molar refractivity (Wildman–Crippen MR) is 90.7 cm³/mol. The van der Waals surface area contributed by atoms with Crippen LogP contribution < -0.4 is 0 Å². The highest BCUT2D eigenvalue weighted by molar-refractivity contribution is 6.84. The van der Waals surface area contributed by atoms with Crippen LogP contribution >= 0.6 is 0 Å². The van der Waals surface area contributed by atoms with E-state index in [2.05, 4.69) is 32.5 Å². The van der Waals surface area contributed by atoms with E-state index in [0.717, 1.165) is 12.8 Å². The molecule has 0 saturated carbocycles. The Hall–Kier alpha value is -0.573. The zero-order chi connectivity index (χ0) is 15.3. The molecule has 0 unspecified atom stereocenters. The lowest BCUT2D eigenvalue weighted by atomic mass is 10.1. The number of ether oxygens (including phenoxy) is 1. The van der Waals surface area contributed by atoms with Crippen molar-refractivity contribution in [3.05, 3.63) is 11.8 Å². The summed E-state index contributed by atoms with van der Waals surface area (Å²) >= 11 is 0. The second-order valence-electron chi connectivity index (χ2n) is 5.58. The largest absolute Gasteiger partial charge is 0.466 e. The molecule has 0 radical (unpaired) electrons. The van der Waals surface area contributed by atoms with Crippen LogP contribution in [0.15, 0.2) is 11.8 Å². The number of carbonyl (C=O) groups excluding carboxylic acids is 1. The third kappa shape index (κ3) is 8.57. The average molecular weight is 299 g/mol. The molecule has 0 aromatic rings. The van der Waals surface area contributed by atoms with Crippen molar-refractivity contribution < 1.29 is 9.53 Å². The maximum atomic E-state index is 11.2. The number of hydrogen-bond donors (Lipinski definition) is 0. The molecule has 0 aliphatic rings. The van der Waals surface area contributed by atoms with Crippen LogP contribution in [-0.4, -0.2) is 20.7 Å². The Bertz CT molecular complexity index is 262. The molecule has 118 valence electrons. The first-order valence-electron chi connectivity index (χ1n) is 8.47. The summed E-state index contributed by atoms with van der Waals surface area (Å²) in [5.74, 6) is -0.0444. The van der Waals surface area contributed by atoms with Gasteiger partial charge in [0.05, 0.1) is 14.7 Å². The molecule has 0 atom stereocenters. The van der Waals surface area contributed by atoms with Gasteiger partial charge in [0, 0.05) is 6.42 Å². The van der Waals surface area contributed by atoms with Gasteiger partial charge >= 0.3 is 5.97 Å². The maximum absolute atomic E-state index is 11.2. The second-order valence-corrected chi connectivity index (χ2v) is 10.8. The predicted octanol–water partition coefficient (Wildman–Crippen LogP) is 5.49. The van der Waals surface area contributed by atoms with E-state index in [1.54, 1.807) is 0 Å². The lowest BCUT2D eigenvalue weighted by molar-refractivity contribution is -0.143. The lowest BCUT2D eigenvalue weighted by Crippen LogP contribution is -2.28. The van der Waals surface area contributed by atoms with Gasteiger partial charge in [-0.15, -0.1) is 0 Å². The van der Waals surface area contributed by atoms with E-state index < -0.39 is 8.07 Å². The minimum absolute atomic E-state index is 0.0444. The minimum atomic E-state index is -1.06. The Morgan fingerprint density at radius 1 is 0.950 bits per heavy atom. The van der Waals surface area contributed by atoms with Crippen molar-refractivity contribution >= 4 is 14.0 Å². The molecule has 0 aromatic heterocycles. The Morgan fingerprint density at radius 3 is 2.10 bits per heavy atom. The summed E-state index contributed by atoms with van der Waals surface area (Å²) in [5.41, 5.74) is 2.58. The Morgan fingerprint density at radius 2 is 1.55 bits per heavy atom. The lowest BCUT2D eigenvalue weighted by Gasteiger charge is -2.23. The van der Waals surface area contributed by atoms with Gasteiger partial charge in [-0.25, -0.2) is 0 Å². The summed E-state index contributed by atoms with van der Waals surface area (Å²) in [6.45, 7) is 9.40. The molecule has 0 aliphatic carbocycles. The van der Waals surface area contributed by atoms with Crippen LogP contribution in [0.25, 0.3) is 0 Å². The fourth-order valence-corrected chi connectivity index (χ4v) is 5.43. The number of esters is 1. The van der Waals surface area contributed by atoms with Gasteiger partial charge in [0.15, 0.2) is 0 Å². The molecule has 0 spiro atoms. The molecule has 2 nitrogen and oxygen atoms in total. The Kier molecular flexibility index (Phi) is 11.8. The average Bonchev–Trinajstić information content (AvgIpc) is 2.47. The number of rotatable bonds is 12. The van der Waals surface area contributed by atoms with Crippen molar-refractivity contribution in [3.8, 4) is 0 Å². The van der Waals surface area contributed by atoms with E-state index in [0.29, 0.717) is 13.0 Å². The first kappa shape index (κ1) is 19.4. The molecule has 0 N–H and O–H groups in total. The summed E-state index contributed by atoms with van der Waals surface area (Å²) in [4.78, 5) is 11.2. The van der Waals surface area contributed by atoms with Crippen molar-refractivity contribution in [2.45, 2.75) is 84.4 Å². The molecule has 0 fully saturated rings. The summed E-state index contributed by atoms with van der Waals surface area (Å²) in [6, 6.07) is 4.11. The molecule has 0 saturated heterocycles. The van der Waals surface area contributed by atoms with E-state index >= 15 is 0 Å². The zero-order valence-corrected chi connectivity index (χ0v) is 15.0. The van der Waals surface area contributed by atoms with Gasteiger partial charge in [-0.1, -0.05) is 63.5 Å². The molecule has 0 rings (SSSR count). The first-order valence-corrected chi connectivity index (χ1v) is 11.2. The molecule has 0 aromatic carbocycles. The topological polar surface area (TPSA) is 26.3 Å². The quantitative estimate of drug-likeness (QED) is 0.270. The SMILES string of the molecule is CCOC(=O)CCCCCC/C=C/[Si](CC)(CC)CC. The zero-order valence-electron chi connectivity index (χ0n) is 14.0. The van der Waals surface area contributed by atoms with Crippen LogP contribution in [0.3, 0.4) is 0 Å². The highest BCUT2D eigenvalue weighted by Gasteiger charge is 2.22. The first-order chi connectivity index (χ1) is 9.64. The standard InChI is InChI=1S/C17H34O2Si/c1-5-19-17(18)15-13-11-9-10-12-14-16-20(6-2,7-3)8-4/h14,16H,5-13,15H2,1-4H3/b16-14+. The van der Waals surface area contributed by atoms with Gasteiger partial charge < -0.3 is 4.74 Å². The van der Waals surface area contributed by atoms with Crippen LogP contribution in [-0.2, 0) is 9.53 Å². The highest BCUT2D eigenvalue weighted by Crippen LogP contribution is 2.22. The summed E-state index contributed by atoms with van der Waals surface area (Å²) in [7, 11) is -1.06. The molecule has 0 bridgehead atoms. The van der Waals surface area contributed by atoms with Gasteiger partial charge in [-0.2, -0.15) is 0 Å². The smallest absolute Gasteiger partial charge is 0.305 e. The van der Waals surface area contributed by atoms with Crippen LogP contribution in [0.2, 0.25) is 18.1 Å². The van der Waals surface area contributed by atoms with E-state index in [9.17, 15) is 4.79 Å². The van der Waals surface area contributed by atoms with Gasteiger partial charge in [0.2, 0.25) is 0 Å². The number of unbranched alkanes of at least 4 members (excludes halogenated alkanes) is 4. The van der Waals surface area contributed by atoms with E-state index in [1.165, 1.54) is 37.4 Å². The van der Waals surface area contributed by atoms with Crippen molar-refractivity contribution in [2.75, 3.05) is 6.61 Å². The van der Waals surface area contributed by atoms with Crippen molar-refractivity contribution in [3.63, 3.8) is 0 Å². The Balaban J connectivity index is 3.64. The third-order valence-electron chi connectivity index (χ3n) is 4.39. The molecule has 20 heavy (non-hydrogen) atoms. The van der Waals surface area contributed by atoms with Gasteiger partial charge in [-0.05, 0) is 26.2 Å². The molecule has 0 heterocycles. The summed E-state index contributed by atoms with van der Waals surface area (Å²) in [6.07, 6.45) is 8.80. The second kappa shape index (κ2) is 12.2. The van der Waals surface area contributed by atoms with Crippen molar-refractivity contribution in [1.82, 2.24) is 0 Å². The van der Waals surface area contributed by atoms with Gasteiger partial charge in [0.25, 0.3) is 0 Å². The maximum Gasteiger partial charge on any atom is 0.305 e. The fourth-order valence-electron chi connectivity index (χ4n) is 2.56. The normalized spacial score (nSPS) is 12.0. The van der Waals surface area contributed by atoms with Crippen molar-refractivity contribution in [2.24, 2.45) is 0 Å². The highest BCUT2D eigenvalue weighted by atomic mass is 28.3. The van der Waals surface area contributed by atoms with Crippen LogP contribution in [0.5, 0.6) is 0 Å². The fraction of sp³-hybridized carbons (Fsp3) is 0.824. The van der Waals surface area contributed by atoms with Crippen LogP contribution in [0.1, 0.15) is 66.2 Å². The van der Waals surface area contributed by atoms with Crippen LogP contribution in [0, 0.1) is 0 Å². The Labute approximate surface area is 127 Å². The molecule has 3 heteroatoms. The molecule has 0 amide bonds. The number of hydrogen-bond acceptors (Lipinski definition) is 2. The van der Waals surface area contributed by atoms with Crippen LogP contribution in [0.4, 0.5) is 0 Å². The number of allylic oxidation sites excluding steroid dienone is 1. The van der Waals surface area contributed by atoms with E-state index in [1.807, 2.05) is 6.92 Å². The van der Waals surface area contributed by atoms with Gasteiger partial charge in [-0.3, -0.25) is 4.79 Å². The summed E-state index contributed by atoms with van der Waals surface area (Å²) < 4.78 is 4.92. The summed E-state index contributed by atoms with van der Waals surface area (Å²) in [5, 5.41) is 0. The van der Waals surface area contributed by atoms with Gasteiger partial charge in [0.1, 0.15) is 0 Å². The minimum Gasteiger partial charge on any atom is -0.466 e. The van der Waals surface area contributed by atoms with Crippen molar-refractivity contribution in [1.29, 1.82) is 0 Å². The molecule has 0 aliphatic heterocycles.